The van der Waals surface area contributed by atoms with Crippen molar-refractivity contribution in [3.8, 4) is 0 Å². The van der Waals surface area contributed by atoms with Gasteiger partial charge in [-0.1, -0.05) is 37.3 Å². The molecule has 0 fully saturated rings. The fourth-order valence-electron chi connectivity index (χ4n) is 1.44. The lowest BCUT2D eigenvalue weighted by atomic mass is 10.0. The molecule has 0 aromatic heterocycles. The van der Waals surface area contributed by atoms with E-state index in [2.05, 4.69) is 4.40 Å². The van der Waals surface area contributed by atoms with Crippen LogP contribution in [-0.2, 0) is 11.0 Å². The normalized spacial score (nSPS) is 16.2. The van der Waals surface area contributed by atoms with Crippen molar-refractivity contribution >= 4 is 16.7 Å². The molecule has 1 aromatic carbocycles. The lowest BCUT2D eigenvalue weighted by Crippen LogP contribution is -2.22. The van der Waals surface area contributed by atoms with Gasteiger partial charge < -0.3 is 5.11 Å². The minimum absolute atomic E-state index is 0.392. The maximum absolute atomic E-state index is 12.2. The number of hydrogen-bond donors (Lipinski definition) is 1. The highest BCUT2D eigenvalue weighted by Gasteiger charge is 2.20. The molecule has 0 saturated heterocycles. The second-order valence-electron chi connectivity index (χ2n) is 5.53. The number of hydrogen-bond acceptors (Lipinski definition) is 2. The first-order valence-electron chi connectivity index (χ1n) is 6.57. The van der Waals surface area contributed by atoms with Crippen LogP contribution < -0.4 is 0 Å². The average molecular weight is 281 g/mol. The van der Waals surface area contributed by atoms with E-state index in [4.69, 9.17) is 0 Å². The smallest absolute Gasteiger partial charge is 0.145 e. The van der Waals surface area contributed by atoms with Gasteiger partial charge in [-0.15, -0.1) is 0 Å². The Kier molecular flexibility index (Phi) is 5.88. The molecular formula is C15H23NO2S. The van der Waals surface area contributed by atoms with Crippen LogP contribution in [0, 0.1) is 0 Å². The molecule has 1 aromatic rings. The number of aliphatic hydroxyl groups excluding tert-OH is 1. The molecule has 106 valence electrons. The first kappa shape index (κ1) is 16.1. The largest absolute Gasteiger partial charge is 0.393 e. The Labute approximate surface area is 118 Å². The number of rotatable bonds is 5. The second-order valence-corrected chi connectivity index (χ2v) is 7.44. The predicted octanol–water partition coefficient (Wildman–Crippen LogP) is 3.10. The van der Waals surface area contributed by atoms with Crippen molar-refractivity contribution in [2.75, 3.05) is 0 Å². The molecule has 0 radical (unpaired) electrons. The Bertz CT molecular complexity index is 449. The lowest BCUT2D eigenvalue weighted by molar-refractivity contribution is 0.178. The quantitative estimate of drug-likeness (QED) is 0.843. The van der Waals surface area contributed by atoms with Crippen LogP contribution in [0.4, 0.5) is 0 Å². The van der Waals surface area contributed by atoms with Crippen LogP contribution >= 0.6 is 0 Å². The van der Waals surface area contributed by atoms with Gasteiger partial charge >= 0.3 is 0 Å². The van der Waals surface area contributed by atoms with Gasteiger partial charge in [-0.05, 0) is 32.8 Å². The van der Waals surface area contributed by atoms with Crippen molar-refractivity contribution < 1.29 is 9.32 Å². The van der Waals surface area contributed by atoms with E-state index in [1.54, 1.807) is 0 Å². The van der Waals surface area contributed by atoms with Gasteiger partial charge in [0.25, 0.3) is 0 Å². The van der Waals surface area contributed by atoms with Crippen molar-refractivity contribution in [2.45, 2.75) is 51.4 Å². The summed E-state index contributed by atoms with van der Waals surface area (Å²) in [7, 11) is -1.31. The van der Waals surface area contributed by atoms with Crippen LogP contribution in [-0.4, -0.2) is 25.9 Å². The summed E-state index contributed by atoms with van der Waals surface area (Å²) in [5.41, 5.74) is 1.64. The molecule has 0 aliphatic carbocycles. The lowest BCUT2D eigenvalue weighted by Gasteiger charge is -2.16. The Morgan fingerprint density at radius 2 is 1.89 bits per heavy atom. The zero-order valence-electron chi connectivity index (χ0n) is 12.1. The SMILES string of the molecule is CC[C@@H](O)C/C(=N/[S@](=O)C(C)(C)C)c1ccccc1. The highest BCUT2D eigenvalue weighted by atomic mass is 32.2. The first-order valence-corrected chi connectivity index (χ1v) is 7.68. The molecular weight excluding hydrogens is 258 g/mol. The van der Waals surface area contributed by atoms with E-state index in [0.717, 1.165) is 5.56 Å². The summed E-state index contributed by atoms with van der Waals surface area (Å²) in [6.45, 7) is 7.61. The molecule has 0 spiro atoms. The topological polar surface area (TPSA) is 49.7 Å². The van der Waals surface area contributed by atoms with Gasteiger partial charge in [-0.2, -0.15) is 4.40 Å². The van der Waals surface area contributed by atoms with Gasteiger partial charge in [-0.3, -0.25) is 0 Å². The van der Waals surface area contributed by atoms with E-state index in [9.17, 15) is 9.32 Å². The maximum atomic E-state index is 12.2. The second kappa shape index (κ2) is 6.96. The predicted molar refractivity (Wildman–Crippen MR) is 81.8 cm³/mol. The summed E-state index contributed by atoms with van der Waals surface area (Å²) in [5, 5.41) is 9.83. The maximum Gasteiger partial charge on any atom is 0.145 e. The average Bonchev–Trinajstić information content (AvgIpc) is 2.37. The van der Waals surface area contributed by atoms with Crippen molar-refractivity contribution in [3.63, 3.8) is 0 Å². The van der Waals surface area contributed by atoms with Gasteiger partial charge in [0.15, 0.2) is 0 Å². The zero-order valence-corrected chi connectivity index (χ0v) is 12.9. The van der Waals surface area contributed by atoms with Crippen molar-refractivity contribution in [1.82, 2.24) is 0 Å². The molecule has 0 amide bonds. The fourth-order valence-corrected chi connectivity index (χ4v) is 2.10. The molecule has 0 aliphatic rings. The first-order chi connectivity index (χ1) is 8.84. The standard InChI is InChI=1S/C15H23NO2S/c1-5-13(17)11-14(12-9-7-6-8-10-12)16-19(18)15(2,3)4/h6-10,13,17H,5,11H2,1-4H3/b16-14-/t13-,19-/m1/s1. The molecule has 0 unspecified atom stereocenters. The Morgan fingerprint density at radius 1 is 1.32 bits per heavy atom. The van der Waals surface area contributed by atoms with E-state index < -0.39 is 21.8 Å². The molecule has 19 heavy (non-hydrogen) atoms. The third kappa shape index (κ3) is 5.25. The Morgan fingerprint density at radius 3 is 2.37 bits per heavy atom. The molecule has 0 saturated carbocycles. The summed E-state index contributed by atoms with van der Waals surface area (Å²) in [5.74, 6) is 0. The van der Waals surface area contributed by atoms with E-state index in [-0.39, 0.29) is 0 Å². The van der Waals surface area contributed by atoms with Crippen molar-refractivity contribution in [1.29, 1.82) is 0 Å². The molecule has 0 heterocycles. The summed E-state index contributed by atoms with van der Waals surface area (Å²) >= 11 is 0. The summed E-state index contributed by atoms with van der Waals surface area (Å²) < 4.78 is 16.1. The monoisotopic (exact) mass is 281 g/mol. The number of aliphatic hydroxyl groups is 1. The summed E-state index contributed by atoms with van der Waals surface area (Å²) in [4.78, 5) is 0. The molecule has 1 N–H and O–H groups in total. The van der Waals surface area contributed by atoms with Gasteiger partial charge in [-0.25, -0.2) is 4.21 Å². The third-order valence-corrected chi connectivity index (χ3v) is 4.16. The fraction of sp³-hybridized carbons (Fsp3) is 0.533. The summed E-state index contributed by atoms with van der Waals surface area (Å²) in [6, 6.07) is 9.63. The zero-order chi connectivity index (χ0) is 14.5. The van der Waals surface area contributed by atoms with Crippen LogP contribution in [0.2, 0.25) is 0 Å². The number of benzene rings is 1. The van der Waals surface area contributed by atoms with Crippen molar-refractivity contribution in [3.05, 3.63) is 35.9 Å². The molecule has 2 atom stereocenters. The van der Waals surface area contributed by atoms with E-state index in [1.165, 1.54) is 0 Å². The van der Waals surface area contributed by atoms with Crippen LogP contribution in [0.25, 0.3) is 0 Å². The van der Waals surface area contributed by atoms with Crippen LogP contribution in [0.15, 0.2) is 34.7 Å². The molecule has 3 nitrogen and oxygen atoms in total. The number of nitrogens with zero attached hydrogens (tertiary/aromatic N) is 1. The van der Waals surface area contributed by atoms with E-state index >= 15 is 0 Å². The van der Waals surface area contributed by atoms with Crippen LogP contribution in [0.5, 0.6) is 0 Å². The minimum atomic E-state index is -1.31. The van der Waals surface area contributed by atoms with Gasteiger partial charge in [0.05, 0.1) is 16.6 Å². The summed E-state index contributed by atoms with van der Waals surface area (Å²) in [6.07, 6.45) is 0.645. The third-order valence-electron chi connectivity index (χ3n) is 2.72. The van der Waals surface area contributed by atoms with E-state index in [0.29, 0.717) is 18.6 Å². The minimum Gasteiger partial charge on any atom is -0.393 e. The van der Waals surface area contributed by atoms with E-state index in [1.807, 2.05) is 58.0 Å². The highest BCUT2D eigenvalue weighted by molar-refractivity contribution is 7.85. The Balaban J connectivity index is 3.06. The van der Waals surface area contributed by atoms with Crippen LogP contribution in [0.3, 0.4) is 0 Å². The van der Waals surface area contributed by atoms with Crippen molar-refractivity contribution in [2.24, 2.45) is 4.40 Å². The molecule has 0 bridgehead atoms. The molecule has 4 heteroatoms. The van der Waals surface area contributed by atoms with Crippen LogP contribution in [0.1, 0.15) is 46.1 Å². The van der Waals surface area contributed by atoms with Gasteiger partial charge in [0.1, 0.15) is 11.0 Å². The van der Waals surface area contributed by atoms with Gasteiger partial charge in [0.2, 0.25) is 0 Å². The molecule has 1 rings (SSSR count). The molecule has 0 aliphatic heterocycles. The Hall–Kier alpha value is -1.00. The highest BCUT2D eigenvalue weighted by Crippen LogP contribution is 2.16. The van der Waals surface area contributed by atoms with Gasteiger partial charge in [0, 0.05) is 6.42 Å².